The van der Waals surface area contributed by atoms with E-state index in [2.05, 4.69) is 15.3 Å². The zero-order valence-corrected chi connectivity index (χ0v) is 16.3. The van der Waals surface area contributed by atoms with Gasteiger partial charge in [0.2, 0.25) is 5.91 Å². The normalized spacial score (nSPS) is 10.6. The summed E-state index contributed by atoms with van der Waals surface area (Å²) in [6.07, 6.45) is -0.294. The molecule has 29 heavy (non-hydrogen) atoms. The van der Waals surface area contributed by atoms with Crippen molar-refractivity contribution in [2.24, 2.45) is 0 Å². The standard InChI is InChI=1S/C21H22N4O4/c1-25(14-7-9-15(29-2)10-8-14)21-16-5-3-4-6-17(16)23-18(24-21)13-22-19(26)11-12-20(27)28/h3-10H,11-13H2,1-2H3,(H,22,26)(H,27,28). The van der Waals surface area contributed by atoms with Gasteiger partial charge < -0.3 is 20.1 Å². The second-order valence-electron chi connectivity index (χ2n) is 6.41. The highest BCUT2D eigenvalue weighted by atomic mass is 16.5. The Morgan fingerprint density at radius 3 is 2.48 bits per heavy atom. The van der Waals surface area contributed by atoms with E-state index in [1.54, 1.807) is 7.11 Å². The maximum Gasteiger partial charge on any atom is 0.303 e. The quantitative estimate of drug-likeness (QED) is 0.605. The molecule has 3 aromatic rings. The first-order valence-electron chi connectivity index (χ1n) is 9.10. The van der Waals surface area contributed by atoms with E-state index in [1.807, 2.05) is 60.5 Å². The van der Waals surface area contributed by atoms with Crippen molar-refractivity contribution in [2.45, 2.75) is 19.4 Å². The van der Waals surface area contributed by atoms with Gasteiger partial charge in [0.05, 0.1) is 25.6 Å². The number of carbonyl (C=O) groups excluding carboxylic acids is 1. The molecule has 0 spiro atoms. The molecule has 0 atom stereocenters. The number of rotatable bonds is 8. The summed E-state index contributed by atoms with van der Waals surface area (Å²) in [7, 11) is 3.53. The molecule has 2 N–H and O–H groups in total. The highest BCUT2D eigenvalue weighted by Gasteiger charge is 2.14. The van der Waals surface area contributed by atoms with Crippen LogP contribution in [0.25, 0.3) is 10.9 Å². The van der Waals surface area contributed by atoms with Crippen molar-refractivity contribution in [3.05, 3.63) is 54.4 Å². The van der Waals surface area contributed by atoms with Gasteiger partial charge >= 0.3 is 5.97 Å². The maximum absolute atomic E-state index is 11.8. The number of hydrogen-bond donors (Lipinski definition) is 2. The molecule has 150 valence electrons. The molecule has 1 amide bonds. The molecule has 0 unspecified atom stereocenters. The van der Waals surface area contributed by atoms with Gasteiger partial charge in [0.25, 0.3) is 0 Å². The summed E-state index contributed by atoms with van der Waals surface area (Å²) >= 11 is 0. The molecular formula is C21H22N4O4. The number of fused-ring (bicyclic) bond motifs is 1. The number of hydrogen-bond acceptors (Lipinski definition) is 6. The van der Waals surface area contributed by atoms with E-state index in [1.165, 1.54) is 0 Å². The summed E-state index contributed by atoms with van der Waals surface area (Å²) in [5.74, 6) is 0.553. The Bertz CT molecular complexity index is 1020. The molecule has 0 aliphatic carbocycles. The maximum atomic E-state index is 11.8. The Morgan fingerprint density at radius 1 is 1.07 bits per heavy atom. The number of para-hydroxylation sites is 1. The third kappa shape index (κ3) is 4.98. The summed E-state index contributed by atoms with van der Waals surface area (Å²) in [5, 5.41) is 12.2. The number of nitrogens with zero attached hydrogens (tertiary/aromatic N) is 3. The molecule has 8 heteroatoms. The van der Waals surface area contributed by atoms with Crippen molar-refractivity contribution in [3.8, 4) is 5.75 Å². The number of anilines is 2. The number of carboxylic acids is 1. The number of methoxy groups -OCH3 is 1. The minimum Gasteiger partial charge on any atom is -0.497 e. The molecule has 0 saturated carbocycles. The molecule has 0 radical (unpaired) electrons. The summed E-state index contributed by atoms with van der Waals surface area (Å²) < 4.78 is 5.21. The van der Waals surface area contributed by atoms with Gasteiger partial charge in [-0.3, -0.25) is 9.59 Å². The van der Waals surface area contributed by atoms with E-state index in [-0.39, 0.29) is 25.3 Å². The van der Waals surface area contributed by atoms with Crippen molar-refractivity contribution >= 4 is 34.3 Å². The number of benzene rings is 2. The fourth-order valence-electron chi connectivity index (χ4n) is 2.86. The number of amides is 1. The first-order chi connectivity index (χ1) is 14.0. The molecular weight excluding hydrogens is 372 g/mol. The summed E-state index contributed by atoms with van der Waals surface area (Å²) in [6, 6.07) is 15.3. The van der Waals surface area contributed by atoms with Crippen LogP contribution in [-0.4, -0.2) is 41.1 Å². The van der Waals surface area contributed by atoms with E-state index in [0.29, 0.717) is 11.6 Å². The van der Waals surface area contributed by atoms with Gasteiger partial charge in [-0.15, -0.1) is 0 Å². The van der Waals surface area contributed by atoms with Crippen molar-refractivity contribution < 1.29 is 19.4 Å². The van der Waals surface area contributed by atoms with Crippen LogP contribution >= 0.6 is 0 Å². The number of carbonyl (C=O) groups is 2. The second-order valence-corrected chi connectivity index (χ2v) is 6.41. The first kappa shape index (κ1) is 20.1. The molecule has 0 aliphatic heterocycles. The van der Waals surface area contributed by atoms with Crippen molar-refractivity contribution in [1.29, 1.82) is 0 Å². The van der Waals surface area contributed by atoms with Crippen molar-refractivity contribution in [3.63, 3.8) is 0 Å². The van der Waals surface area contributed by atoms with Crippen LogP contribution in [0.5, 0.6) is 5.75 Å². The molecule has 1 heterocycles. The van der Waals surface area contributed by atoms with Crippen molar-refractivity contribution in [2.75, 3.05) is 19.1 Å². The molecule has 0 fully saturated rings. The predicted molar refractivity (Wildman–Crippen MR) is 109 cm³/mol. The topological polar surface area (TPSA) is 105 Å². The SMILES string of the molecule is COc1ccc(N(C)c2nc(CNC(=O)CCC(=O)O)nc3ccccc23)cc1. The van der Waals surface area contributed by atoms with Crippen LogP contribution in [0.4, 0.5) is 11.5 Å². The highest BCUT2D eigenvalue weighted by Crippen LogP contribution is 2.29. The van der Waals surface area contributed by atoms with Gasteiger partial charge in [-0.05, 0) is 36.4 Å². The Balaban J connectivity index is 1.87. The third-order valence-corrected chi connectivity index (χ3v) is 4.42. The molecule has 0 saturated heterocycles. The van der Waals surface area contributed by atoms with Crippen LogP contribution in [0.1, 0.15) is 18.7 Å². The predicted octanol–water partition coefficient (Wildman–Crippen LogP) is 2.89. The Morgan fingerprint density at radius 2 is 1.79 bits per heavy atom. The van der Waals surface area contributed by atoms with Gasteiger partial charge in [-0.25, -0.2) is 9.97 Å². The Hall–Kier alpha value is -3.68. The molecule has 1 aromatic heterocycles. The smallest absolute Gasteiger partial charge is 0.303 e. The van der Waals surface area contributed by atoms with Gasteiger partial charge in [0, 0.05) is 24.5 Å². The Kier molecular flexibility index (Phi) is 6.23. The minimum atomic E-state index is -1.01. The second kappa shape index (κ2) is 9.01. The minimum absolute atomic E-state index is 0.0818. The zero-order valence-electron chi connectivity index (χ0n) is 16.3. The van der Waals surface area contributed by atoms with E-state index in [0.717, 1.165) is 22.3 Å². The van der Waals surface area contributed by atoms with E-state index in [9.17, 15) is 9.59 Å². The van der Waals surface area contributed by atoms with Crippen LogP contribution in [0.15, 0.2) is 48.5 Å². The summed E-state index contributed by atoms with van der Waals surface area (Å²) in [5.41, 5.74) is 1.68. The van der Waals surface area contributed by atoms with Crippen molar-refractivity contribution in [1.82, 2.24) is 15.3 Å². The van der Waals surface area contributed by atoms with Crippen LogP contribution in [-0.2, 0) is 16.1 Å². The molecule has 0 bridgehead atoms. The fraction of sp³-hybridized carbons (Fsp3) is 0.238. The average Bonchev–Trinajstić information content (AvgIpc) is 2.75. The number of aromatic nitrogens is 2. The fourth-order valence-corrected chi connectivity index (χ4v) is 2.86. The monoisotopic (exact) mass is 394 g/mol. The van der Waals surface area contributed by atoms with E-state index >= 15 is 0 Å². The number of carboxylic acid groups (broad SMARTS) is 1. The first-order valence-corrected chi connectivity index (χ1v) is 9.10. The number of ether oxygens (including phenoxy) is 1. The zero-order chi connectivity index (χ0) is 20.8. The largest absolute Gasteiger partial charge is 0.497 e. The van der Waals surface area contributed by atoms with Crippen LogP contribution < -0.4 is 15.0 Å². The van der Waals surface area contributed by atoms with Crippen LogP contribution in [0, 0.1) is 0 Å². The van der Waals surface area contributed by atoms with Crippen LogP contribution in [0.2, 0.25) is 0 Å². The lowest BCUT2D eigenvalue weighted by Gasteiger charge is -2.21. The van der Waals surface area contributed by atoms with Gasteiger partial charge in [-0.2, -0.15) is 0 Å². The van der Waals surface area contributed by atoms with E-state index < -0.39 is 5.97 Å². The van der Waals surface area contributed by atoms with Gasteiger partial charge in [0.15, 0.2) is 5.82 Å². The molecule has 0 aliphatic rings. The molecule has 3 rings (SSSR count). The lowest BCUT2D eigenvalue weighted by Crippen LogP contribution is -2.25. The number of aliphatic carboxylic acids is 1. The third-order valence-electron chi connectivity index (χ3n) is 4.42. The number of nitrogens with one attached hydrogen (secondary N) is 1. The Labute approximate surface area is 168 Å². The average molecular weight is 394 g/mol. The summed E-state index contributed by atoms with van der Waals surface area (Å²) in [6.45, 7) is 0.118. The highest BCUT2D eigenvalue weighted by molar-refractivity contribution is 5.91. The molecule has 8 nitrogen and oxygen atoms in total. The van der Waals surface area contributed by atoms with Gasteiger partial charge in [-0.1, -0.05) is 12.1 Å². The summed E-state index contributed by atoms with van der Waals surface area (Å²) in [4.78, 5) is 33.5. The molecule has 2 aromatic carbocycles. The van der Waals surface area contributed by atoms with E-state index in [4.69, 9.17) is 9.84 Å². The van der Waals surface area contributed by atoms with Gasteiger partial charge in [0.1, 0.15) is 11.6 Å². The lowest BCUT2D eigenvalue weighted by molar-refractivity contribution is -0.138. The van der Waals surface area contributed by atoms with Crippen LogP contribution in [0.3, 0.4) is 0 Å². The lowest BCUT2D eigenvalue weighted by atomic mass is 10.2.